The molecule has 0 aliphatic heterocycles. The number of carbonyl (C=O) groups is 1. The van der Waals surface area contributed by atoms with Crippen LogP contribution >= 0.6 is 23.4 Å². The molecule has 0 aliphatic rings. The Bertz CT molecular complexity index is 1080. The lowest BCUT2D eigenvalue weighted by Crippen LogP contribution is -2.23. The van der Waals surface area contributed by atoms with Crippen molar-refractivity contribution in [1.29, 1.82) is 0 Å². The Morgan fingerprint density at radius 3 is 2.68 bits per heavy atom. The van der Waals surface area contributed by atoms with Gasteiger partial charge in [-0.15, -0.1) is 11.8 Å². The second-order valence-electron chi connectivity index (χ2n) is 6.61. The van der Waals surface area contributed by atoms with Gasteiger partial charge in [-0.3, -0.25) is 4.79 Å². The van der Waals surface area contributed by atoms with Gasteiger partial charge in [0.1, 0.15) is 11.6 Å². The third-order valence-electron chi connectivity index (χ3n) is 4.41. The maximum absolute atomic E-state index is 12.6. The van der Waals surface area contributed by atoms with E-state index in [9.17, 15) is 4.79 Å². The standard InChI is InChI=1S/C21H23ClN6O2S/c1-12-14(22)7-6-9-15(12)24-19(29)13(2)31-11-18-26-20(23)28-21(27-18)25-16-8-4-5-10-17(16)30-3/h4-10,13H,11H2,1-3H3,(H,24,29)(H3,23,25,26,27,28). The van der Waals surface area contributed by atoms with E-state index in [0.717, 1.165) is 5.56 Å². The summed E-state index contributed by atoms with van der Waals surface area (Å²) in [5.74, 6) is 1.77. The highest BCUT2D eigenvalue weighted by atomic mass is 35.5. The molecule has 162 valence electrons. The van der Waals surface area contributed by atoms with Crippen molar-refractivity contribution in [2.45, 2.75) is 24.9 Å². The van der Waals surface area contributed by atoms with Crippen molar-refractivity contribution >= 4 is 52.5 Å². The first-order valence-corrected chi connectivity index (χ1v) is 10.9. The topological polar surface area (TPSA) is 115 Å². The number of nitrogens with zero attached hydrogens (tertiary/aromatic N) is 3. The van der Waals surface area contributed by atoms with Gasteiger partial charge in [-0.1, -0.05) is 29.8 Å². The van der Waals surface area contributed by atoms with E-state index < -0.39 is 0 Å². The SMILES string of the molecule is COc1ccccc1Nc1nc(N)nc(CSC(C)C(=O)Nc2cccc(Cl)c2C)n1. The van der Waals surface area contributed by atoms with Crippen molar-refractivity contribution in [2.75, 3.05) is 23.5 Å². The second kappa shape index (κ2) is 10.3. The number of methoxy groups -OCH3 is 1. The third-order valence-corrected chi connectivity index (χ3v) is 5.96. The molecule has 8 nitrogen and oxygen atoms in total. The lowest BCUT2D eigenvalue weighted by molar-refractivity contribution is -0.115. The zero-order chi connectivity index (χ0) is 22.4. The van der Waals surface area contributed by atoms with Gasteiger partial charge in [0.25, 0.3) is 0 Å². The van der Waals surface area contributed by atoms with Gasteiger partial charge in [-0.25, -0.2) is 0 Å². The minimum absolute atomic E-state index is 0.0923. The van der Waals surface area contributed by atoms with E-state index in [1.807, 2.05) is 44.2 Å². The normalized spacial score (nSPS) is 11.6. The smallest absolute Gasteiger partial charge is 0.237 e. The van der Waals surface area contributed by atoms with E-state index in [0.29, 0.717) is 39.7 Å². The molecule has 0 aliphatic carbocycles. The number of anilines is 4. The Labute approximate surface area is 190 Å². The van der Waals surface area contributed by atoms with Gasteiger partial charge >= 0.3 is 0 Å². The Kier molecular flexibility index (Phi) is 7.54. The van der Waals surface area contributed by atoms with Crippen molar-refractivity contribution in [3.8, 4) is 5.75 Å². The molecule has 2 aromatic carbocycles. The lowest BCUT2D eigenvalue weighted by Gasteiger charge is -2.14. The average molecular weight is 459 g/mol. The molecule has 0 spiro atoms. The van der Waals surface area contributed by atoms with E-state index in [1.54, 1.807) is 19.2 Å². The molecule has 0 saturated heterocycles. The monoisotopic (exact) mass is 458 g/mol. The van der Waals surface area contributed by atoms with Crippen LogP contribution in [0.1, 0.15) is 18.3 Å². The van der Waals surface area contributed by atoms with Gasteiger partial charge < -0.3 is 21.1 Å². The quantitative estimate of drug-likeness (QED) is 0.454. The Morgan fingerprint density at radius 2 is 1.90 bits per heavy atom. The molecule has 3 aromatic rings. The average Bonchev–Trinajstić information content (AvgIpc) is 2.75. The molecule has 1 amide bonds. The largest absolute Gasteiger partial charge is 0.495 e. The maximum atomic E-state index is 12.6. The number of nitrogens with two attached hydrogens (primary N) is 1. The number of hydrogen-bond donors (Lipinski definition) is 3. The first kappa shape index (κ1) is 22.6. The van der Waals surface area contributed by atoms with E-state index in [4.69, 9.17) is 22.1 Å². The van der Waals surface area contributed by atoms with E-state index >= 15 is 0 Å². The maximum Gasteiger partial charge on any atom is 0.237 e. The van der Waals surface area contributed by atoms with Crippen LogP contribution in [0.3, 0.4) is 0 Å². The number of nitrogens with one attached hydrogen (secondary N) is 2. The number of carbonyl (C=O) groups excluding carboxylic acids is 1. The molecule has 0 bridgehead atoms. The molecule has 31 heavy (non-hydrogen) atoms. The number of ether oxygens (including phenoxy) is 1. The van der Waals surface area contributed by atoms with Crippen molar-refractivity contribution in [1.82, 2.24) is 15.0 Å². The van der Waals surface area contributed by atoms with Crippen LogP contribution in [0.15, 0.2) is 42.5 Å². The summed E-state index contributed by atoms with van der Waals surface area (Å²) in [5, 5.41) is 6.26. The van der Waals surface area contributed by atoms with Crippen molar-refractivity contribution in [2.24, 2.45) is 0 Å². The van der Waals surface area contributed by atoms with E-state index in [2.05, 4.69) is 25.6 Å². The number of hydrogen-bond acceptors (Lipinski definition) is 8. The fourth-order valence-electron chi connectivity index (χ4n) is 2.68. The molecule has 0 radical (unpaired) electrons. The van der Waals surface area contributed by atoms with Crippen LogP contribution in [0.2, 0.25) is 5.02 Å². The molecule has 1 atom stereocenters. The first-order chi connectivity index (χ1) is 14.9. The molecule has 4 N–H and O–H groups in total. The molecule has 0 saturated carbocycles. The van der Waals surface area contributed by atoms with Crippen molar-refractivity contribution in [3.05, 3.63) is 58.9 Å². The number of aromatic nitrogens is 3. The van der Waals surface area contributed by atoms with Crippen LogP contribution in [-0.2, 0) is 10.5 Å². The Morgan fingerprint density at radius 1 is 1.16 bits per heavy atom. The van der Waals surface area contributed by atoms with Crippen LogP contribution in [0, 0.1) is 6.92 Å². The fourth-order valence-corrected chi connectivity index (χ4v) is 3.59. The molecule has 10 heteroatoms. The van der Waals surface area contributed by atoms with Gasteiger partial charge in [-0.2, -0.15) is 15.0 Å². The molecular weight excluding hydrogens is 436 g/mol. The van der Waals surface area contributed by atoms with Gasteiger partial charge in [0, 0.05) is 10.7 Å². The minimum atomic E-state index is -0.345. The molecule has 1 heterocycles. The summed E-state index contributed by atoms with van der Waals surface area (Å²) in [6.07, 6.45) is 0. The second-order valence-corrected chi connectivity index (χ2v) is 8.35. The van der Waals surface area contributed by atoms with Crippen LogP contribution in [-0.4, -0.2) is 33.2 Å². The van der Waals surface area contributed by atoms with Gasteiger partial charge in [0.05, 0.1) is 23.8 Å². The first-order valence-electron chi connectivity index (χ1n) is 9.45. The summed E-state index contributed by atoms with van der Waals surface area (Å²) < 4.78 is 5.33. The molecular formula is C21H23ClN6O2S. The summed E-state index contributed by atoms with van der Waals surface area (Å²) in [5.41, 5.74) is 8.07. The number of benzene rings is 2. The predicted molar refractivity (Wildman–Crippen MR) is 126 cm³/mol. The third kappa shape index (κ3) is 5.99. The van der Waals surface area contributed by atoms with Gasteiger partial charge in [0.15, 0.2) is 0 Å². The van der Waals surface area contributed by atoms with E-state index in [-0.39, 0.29) is 17.1 Å². The van der Waals surface area contributed by atoms with Crippen molar-refractivity contribution in [3.63, 3.8) is 0 Å². The highest BCUT2D eigenvalue weighted by Crippen LogP contribution is 2.27. The number of halogens is 1. The number of amides is 1. The number of nitrogen functional groups attached to an aromatic ring is 1. The molecule has 0 fully saturated rings. The van der Waals surface area contributed by atoms with Crippen LogP contribution in [0.25, 0.3) is 0 Å². The highest BCUT2D eigenvalue weighted by Gasteiger charge is 2.17. The van der Waals surface area contributed by atoms with Crippen LogP contribution in [0.5, 0.6) is 5.75 Å². The number of thioether (sulfide) groups is 1. The number of rotatable bonds is 8. The number of para-hydroxylation sites is 2. The van der Waals surface area contributed by atoms with E-state index in [1.165, 1.54) is 11.8 Å². The van der Waals surface area contributed by atoms with Crippen LogP contribution < -0.4 is 21.1 Å². The minimum Gasteiger partial charge on any atom is -0.495 e. The summed E-state index contributed by atoms with van der Waals surface area (Å²) in [7, 11) is 1.58. The Balaban J connectivity index is 1.64. The Hall–Kier alpha value is -3.04. The summed E-state index contributed by atoms with van der Waals surface area (Å²) in [6, 6.07) is 12.8. The van der Waals surface area contributed by atoms with Crippen molar-refractivity contribution < 1.29 is 9.53 Å². The molecule has 3 rings (SSSR count). The van der Waals surface area contributed by atoms with Crippen LogP contribution in [0.4, 0.5) is 23.3 Å². The highest BCUT2D eigenvalue weighted by molar-refractivity contribution is 7.99. The molecule has 1 unspecified atom stereocenters. The predicted octanol–water partition coefficient (Wildman–Crippen LogP) is 4.43. The van der Waals surface area contributed by atoms with Gasteiger partial charge in [-0.05, 0) is 43.7 Å². The summed E-state index contributed by atoms with van der Waals surface area (Å²) >= 11 is 7.51. The fraction of sp³-hybridized carbons (Fsp3) is 0.238. The zero-order valence-electron chi connectivity index (χ0n) is 17.3. The molecule has 1 aromatic heterocycles. The zero-order valence-corrected chi connectivity index (χ0v) is 18.9. The van der Waals surface area contributed by atoms with Gasteiger partial charge in [0.2, 0.25) is 17.8 Å². The lowest BCUT2D eigenvalue weighted by atomic mass is 10.2. The summed E-state index contributed by atoms with van der Waals surface area (Å²) in [4.78, 5) is 25.3. The summed E-state index contributed by atoms with van der Waals surface area (Å²) in [6.45, 7) is 3.68.